The van der Waals surface area contributed by atoms with Crippen molar-refractivity contribution < 1.29 is 18.3 Å². The highest BCUT2D eigenvalue weighted by atomic mass is 35.5. The Morgan fingerprint density at radius 2 is 1.84 bits per heavy atom. The standard InChI is InChI=1S/C23H25ClF3N9O2/c1-22(2,28)13-30-20-31-17(32-36(20)18-5-3-4-10-29-18)12-35-21(38)34(11-16(37)23(25,26)27)19(33-35)14-6-8-15(24)9-7-14/h3-10,16,37H,11-13,28H2,1-2H3,(H,30,31,32)/t16-/m0/s1. The molecule has 0 radical (unpaired) electrons. The smallest absolute Gasteiger partial charge is 0.382 e. The zero-order valence-corrected chi connectivity index (χ0v) is 21.1. The molecule has 3 heterocycles. The van der Waals surface area contributed by atoms with Gasteiger partial charge in [-0.2, -0.15) is 22.8 Å². The van der Waals surface area contributed by atoms with Crippen LogP contribution in [0.2, 0.25) is 5.02 Å². The Bertz CT molecular complexity index is 1440. The summed E-state index contributed by atoms with van der Waals surface area (Å²) >= 11 is 5.93. The van der Waals surface area contributed by atoms with E-state index in [1.165, 1.54) is 28.9 Å². The molecule has 0 unspecified atom stereocenters. The van der Waals surface area contributed by atoms with Gasteiger partial charge in [0.15, 0.2) is 23.6 Å². The van der Waals surface area contributed by atoms with Gasteiger partial charge in [-0.05, 0) is 50.2 Å². The number of anilines is 1. The van der Waals surface area contributed by atoms with Crippen molar-refractivity contribution in [2.45, 2.75) is 44.8 Å². The minimum absolute atomic E-state index is 0.0812. The third-order valence-corrected chi connectivity index (χ3v) is 5.52. The van der Waals surface area contributed by atoms with E-state index in [0.29, 0.717) is 28.9 Å². The van der Waals surface area contributed by atoms with E-state index in [0.717, 1.165) is 9.25 Å². The van der Waals surface area contributed by atoms with Gasteiger partial charge in [-0.15, -0.1) is 10.2 Å². The minimum Gasteiger partial charge on any atom is -0.382 e. The number of nitrogens with one attached hydrogen (secondary N) is 1. The van der Waals surface area contributed by atoms with Crippen LogP contribution in [0.1, 0.15) is 19.7 Å². The lowest BCUT2D eigenvalue weighted by Gasteiger charge is -2.19. The van der Waals surface area contributed by atoms with E-state index in [1.807, 2.05) is 13.8 Å². The molecule has 11 nitrogen and oxygen atoms in total. The molecule has 38 heavy (non-hydrogen) atoms. The van der Waals surface area contributed by atoms with E-state index in [-0.39, 0.29) is 18.2 Å². The molecule has 0 amide bonds. The van der Waals surface area contributed by atoms with Gasteiger partial charge < -0.3 is 16.2 Å². The van der Waals surface area contributed by atoms with Gasteiger partial charge >= 0.3 is 11.9 Å². The van der Waals surface area contributed by atoms with Crippen molar-refractivity contribution in [2.75, 3.05) is 11.9 Å². The number of rotatable bonds is 9. The number of benzene rings is 1. The third-order valence-electron chi connectivity index (χ3n) is 5.27. The molecular weight excluding hydrogens is 527 g/mol. The maximum Gasteiger partial charge on any atom is 0.416 e. The number of hydrogen-bond acceptors (Lipinski definition) is 8. The van der Waals surface area contributed by atoms with Gasteiger partial charge in [0.05, 0.1) is 6.54 Å². The first-order valence-corrected chi connectivity index (χ1v) is 11.8. The van der Waals surface area contributed by atoms with Crippen LogP contribution >= 0.6 is 11.6 Å². The first-order chi connectivity index (χ1) is 17.8. The molecule has 0 aliphatic rings. The molecule has 0 saturated carbocycles. The number of hydrogen-bond donors (Lipinski definition) is 3. The minimum atomic E-state index is -4.93. The Morgan fingerprint density at radius 1 is 1.13 bits per heavy atom. The maximum atomic E-state index is 13.2. The molecule has 0 spiro atoms. The molecule has 0 bridgehead atoms. The number of nitrogens with zero attached hydrogens (tertiary/aromatic N) is 7. The Balaban J connectivity index is 1.74. The van der Waals surface area contributed by atoms with E-state index in [4.69, 9.17) is 17.3 Å². The van der Waals surface area contributed by atoms with Crippen molar-refractivity contribution >= 4 is 17.5 Å². The summed E-state index contributed by atoms with van der Waals surface area (Å²) in [4.78, 5) is 21.9. The predicted molar refractivity (Wildman–Crippen MR) is 134 cm³/mol. The van der Waals surface area contributed by atoms with Crippen LogP contribution in [0, 0.1) is 0 Å². The van der Waals surface area contributed by atoms with Crippen LogP contribution in [0.15, 0.2) is 53.5 Å². The van der Waals surface area contributed by atoms with Crippen LogP contribution in [0.4, 0.5) is 19.1 Å². The van der Waals surface area contributed by atoms with Crippen LogP contribution in [-0.4, -0.2) is 63.6 Å². The zero-order valence-electron chi connectivity index (χ0n) is 20.4. The van der Waals surface area contributed by atoms with Crippen molar-refractivity contribution in [3.63, 3.8) is 0 Å². The van der Waals surface area contributed by atoms with Crippen LogP contribution in [-0.2, 0) is 13.1 Å². The summed E-state index contributed by atoms with van der Waals surface area (Å²) in [6.07, 6.45) is -6.14. The number of aromatic nitrogens is 7. The normalized spacial score (nSPS) is 13.1. The van der Waals surface area contributed by atoms with Crippen LogP contribution in [0.3, 0.4) is 0 Å². The fourth-order valence-electron chi connectivity index (χ4n) is 3.41. The molecule has 1 atom stereocenters. The lowest BCUT2D eigenvalue weighted by atomic mass is 10.1. The Morgan fingerprint density at radius 3 is 2.45 bits per heavy atom. The van der Waals surface area contributed by atoms with Gasteiger partial charge in [-0.1, -0.05) is 17.7 Å². The molecule has 0 fully saturated rings. The molecule has 0 aliphatic heterocycles. The van der Waals surface area contributed by atoms with Gasteiger partial charge in [-0.25, -0.2) is 14.5 Å². The highest BCUT2D eigenvalue weighted by molar-refractivity contribution is 6.30. The van der Waals surface area contributed by atoms with Gasteiger partial charge in [0.1, 0.15) is 6.54 Å². The van der Waals surface area contributed by atoms with E-state index < -0.39 is 30.1 Å². The quantitative estimate of drug-likeness (QED) is 0.288. The topological polar surface area (TPSA) is 142 Å². The van der Waals surface area contributed by atoms with Crippen molar-refractivity contribution in [1.82, 2.24) is 34.1 Å². The average Bonchev–Trinajstić information content (AvgIpc) is 3.39. The fraction of sp³-hybridized carbons (Fsp3) is 0.348. The van der Waals surface area contributed by atoms with Gasteiger partial charge in [0, 0.05) is 28.9 Å². The highest BCUT2D eigenvalue weighted by Crippen LogP contribution is 2.24. The largest absolute Gasteiger partial charge is 0.416 e. The van der Waals surface area contributed by atoms with Gasteiger partial charge in [-0.3, -0.25) is 4.57 Å². The van der Waals surface area contributed by atoms with Crippen LogP contribution in [0.25, 0.3) is 17.2 Å². The fourth-order valence-corrected chi connectivity index (χ4v) is 3.54. The molecule has 202 valence electrons. The van der Waals surface area contributed by atoms with E-state index in [1.54, 1.807) is 24.4 Å². The van der Waals surface area contributed by atoms with Gasteiger partial charge in [0.2, 0.25) is 5.95 Å². The van der Waals surface area contributed by atoms with Gasteiger partial charge in [0.25, 0.3) is 0 Å². The van der Waals surface area contributed by atoms with E-state index >= 15 is 0 Å². The van der Waals surface area contributed by atoms with Crippen LogP contribution < -0.4 is 16.7 Å². The average molecular weight is 552 g/mol. The third kappa shape index (κ3) is 6.38. The summed E-state index contributed by atoms with van der Waals surface area (Å²) in [5.41, 5.74) is 4.94. The molecule has 15 heteroatoms. The summed E-state index contributed by atoms with van der Waals surface area (Å²) in [6.45, 7) is 2.66. The molecule has 0 saturated heterocycles. The first kappa shape index (κ1) is 27.3. The van der Waals surface area contributed by atoms with Crippen molar-refractivity contribution in [2.24, 2.45) is 5.73 Å². The van der Waals surface area contributed by atoms with E-state index in [9.17, 15) is 23.1 Å². The number of pyridine rings is 1. The van der Waals surface area contributed by atoms with Crippen molar-refractivity contribution in [3.05, 3.63) is 70.0 Å². The summed E-state index contributed by atoms with van der Waals surface area (Å²) in [5, 5.41) is 21.8. The second-order valence-corrected chi connectivity index (χ2v) is 9.67. The number of alkyl halides is 3. The predicted octanol–water partition coefficient (Wildman–Crippen LogP) is 2.46. The molecule has 4 aromatic rings. The SMILES string of the molecule is CC(C)(N)CNc1nc(Cn2nc(-c3ccc(Cl)cc3)n(C[C@H](O)C(F)(F)F)c2=O)nn1-c1ccccn1. The molecule has 4 N–H and O–H groups in total. The summed E-state index contributed by atoms with van der Waals surface area (Å²) in [7, 11) is 0. The Hall–Kier alpha value is -3.75. The van der Waals surface area contributed by atoms with Crippen molar-refractivity contribution in [3.8, 4) is 17.2 Å². The van der Waals surface area contributed by atoms with Crippen molar-refractivity contribution in [1.29, 1.82) is 0 Å². The lowest BCUT2D eigenvalue weighted by Crippen LogP contribution is -2.40. The molecular formula is C23H25ClF3N9O2. The first-order valence-electron chi connectivity index (χ1n) is 11.4. The number of nitrogens with two attached hydrogens (primary N) is 1. The number of aliphatic hydroxyl groups is 1. The summed E-state index contributed by atoms with van der Waals surface area (Å²) in [5.74, 6) is 0.799. The van der Waals surface area contributed by atoms with Crippen LogP contribution in [0.5, 0.6) is 0 Å². The second kappa shape index (κ2) is 10.6. The Labute approximate surface area is 219 Å². The second-order valence-electron chi connectivity index (χ2n) is 9.23. The number of halogens is 4. The summed E-state index contributed by atoms with van der Waals surface area (Å²) < 4.78 is 42.5. The zero-order chi connectivity index (χ0) is 27.7. The lowest BCUT2D eigenvalue weighted by molar-refractivity contribution is -0.207. The molecule has 3 aromatic heterocycles. The molecule has 4 rings (SSSR count). The monoisotopic (exact) mass is 551 g/mol. The summed E-state index contributed by atoms with van der Waals surface area (Å²) in [6, 6.07) is 11.2. The Kier molecular flexibility index (Phi) is 7.58. The maximum absolute atomic E-state index is 13.2. The molecule has 0 aliphatic carbocycles. The highest BCUT2D eigenvalue weighted by Gasteiger charge is 2.39. The van der Waals surface area contributed by atoms with E-state index in [2.05, 4.69) is 25.5 Å². The number of aliphatic hydroxyl groups excluding tert-OH is 1. The molecule has 1 aromatic carbocycles.